The highest BCUT2D eigenvalue weighted by atomic mass is 32.1. The molecule has 146 valence electrons. The summed E-state index contributed by atoms with van der Waals surface area (Å²) in [6, 6.07) is 4.56. The second-order valence-electron chi connectivity index (χ2n) is 8.06. The second-order valence-corrected chi connectivity index (χ2v) is 9.10. The predicted octanol–water partition coefficient (Wildman–Crippen LogP) is 3.57. The minimum Gasteiger partial charge on any atom is -0.336 e. The molecule has 1 aromatic rings. The zero-order valence-electron chi connectivity index (χ0n) is 16.4. The molecule has 2 saturated carbocycles. The number of amides is 1. The molecule has 2 bridgehead atoms. The Hall–Kier alpha value is -0.910. The van der Waals surface area contributed by atoms with E-state index in [1.54, 1.807) is 11.3 Å². The maximum Gasteiger partial charge on any atom is 0.226 e. The van der Waals surface area contributed by atoms with Crippen LogP contribution in [0, 0.1) is 17.8 Å². The number of carbonyl (C=O) groups is 1. The van der Waals surface area contributed by atoms with Crippen LogP contribution in [0.1, 0.15) is 50.8 Å². The van der Waals surface area contributed by atoms with Gasteiger partial charge >= 0.3 is 0 Å². The molecule has 5 heteroatoms. The van der Waals surface area contributed by atoms with Gasteiger partial charge in [-0.2, -0.15) is 0 Å². The van der Waals surface area contributed by atoms with Crippen molar-refractivity contribution >= 4 is 17.2 Å². The van der Waals surface area contributed by atoms with Gasteiger partial charge in [-0.25, -0.2) is 0 Å². The van der Waals surface area contributed by atoms with Gasteiger partial charge in [-0.05, 0) is 62.1 Å². The second kappa shape index (κ2) is 9.34. The molecule has 0 aliphatic heterocycles. The van der Waals surface area contributed by atoms with Gasteiger partial charge in [0.25, 0.3) is 0 Å². The number of fused-ring (bicyclic) bond motifs is 2. The summed E-state index contributed by atoms with van der Waals surface area (Å²) in [4.78, 5) is 19.2. The lowest BCUT2D eigenvalue weighted by Crippen LogP contribution is -2.50. The molecule has 2 atom stereocenters. The molecule has 2 unspecified atom stereocenters. The Morgan fingerprint density at radius 1 is 1.19 bits per heavy atom. The number of likely N-dealkylation sites (N-methyl/N-ethyl adjacent to an activating group) is 1. The van der Waals surface area contributed by atoms with Gasteiger partial charge in [0.1, 0.15) is 0 Å². The number of thiophene rings is 1. The Kier molecular flexibility index (Phi) is 7.12. The fourth-order valence-corrected chi connectivity index (χ4v) is 5.63. The molecule has 0 spiro atoms. The molecule has 2 fully saturated rings. The van der Waals surface area contributed by atoms with E-state index in [-0.39, 0.29) is 5.92 Å². The van der Waals surface area contributed by atoms with E-state index in [0.717, 1.165) is 45.6 Å². The third-order valence-electron chi connectivity index (χ3n) is 6.58. The fourth-order valence-electron chi connectivity index (χ4n) is 4.91. The predicted molar refractivity (Wildman–Crippen MR) is 109 cm³/mol. The first-order valence-corrected chi connectivity index (χ1v) is 11.3. The van der Waals surface area contributed by atoms with Crippen molar-refractivity contribution in [3.8, 4) is 0 Å². The third-order valence-corrected chi connectivity index (χ3v) is 7.44. The topological polar surface area (TPSA) is 49.6 Å². The van der Waals surface area contributed by atoms with Crippen LogP contribution in [0.2, 0.25) is 0 Å². The van der Waals surface area contributed by atoms with Gasteiger partial charge in [0, 0.05) is 29.9 Å². The average molecular weight is 378 g/mol. The molecule has 1 aromatic heterocycles. The molecule has 26 heavy (non-hydrogen) atoms. The van der Waals surface area contributed by atoms with E-state index >= 15 is 0 Å². The largest absolute Gasteiger partial charge is 0.336 e. The van der Waals surface area contributed by atoms with Crippen molar-refractivity contribution < 1.29 is 4.79 Å². The van der Waals surface area contributed by atoms with E-state index in [0.29, 0.717) is 23.8 Å². The highest BCUT2D eigenvalue weighted by Gasteiger charge is 2.41. The van der Waals surface area contributed by atoms with Crippen molar-refractivity contribution in [2.24, 2.45) is 23.5 Å². The number of hydrogen-bond acceptors (Lipinski definition) is 4. The SMILES string of the molecule is CCN(CC)CCN(Cc1cccs1)C(=O)C1CC2CCCC(C1)C2N. The number of rotatable bonds is 8. The maximum atomic E-state index is 13.4. The molecule has 2 aliphatic rings. The summed E-state index contributed by atoms with van der Waals surface area (Å²) in [6.07, 6.45) is 5.73. The molecule has 2 N–H and O–H groups in total. The van der Waals surface area contributed by atoms with Gasteiger partial charge < -0.3 is 15.5 Å². The standard InChI is InChI=1S/C21H35N3OS/c1-3-23(4-2)10-11-24(15-19-9-6-12-26-19)21(25)18-13-16-7-5-8-17(14-18)20(16)22/h6,9,12,16-18,20H,3-5,7-8,10-11,13-15,22H2,1-2H3. The number of hydrogen-bond donors (Lipinski definition) is 1. The molecule has 1 heterocycles. The van der Waals surface area contributed by atoms with E-state index in [1.165, 1.54) is 24.1 Å². The summed E-state index contributed by atoms with van der Waals surface area (Å²) < 4.78 is 0. The summed E-state index contributed by atoms with van der Waals surface area (Å²) in [5.74, 6) is 1.67. The first-order valence-electron chi connectivity index (χ1n) is 10.4. The van der Waals surface area contributed by atoms with Crippen LogP contribution >= 0.6 is 11.3 Å². The monoisotopic (exact) mass is 377 g/mol. The van der Waals surface area contributed by atoms with E-state index in [2.05, 4.69) is 41.2 Å². The smallest absolute Gasteiger partial charge is 0.226 e. The van der Waals surface area contributed by atoms with Crippen LogP contribution < -0.4 is 5.73 Å². The van der Waals surface area contributed by atoms with Crippen molar-refractivity contribution in [3.05, 3.63) is 22.4 Å². The molecular weight excluding hydrogens is 342 g/mol. The lowest BCUT2D eigenvalue weighted by Gasteiger charge is -2.44. The molecule has 0 aromatic carbocycles. The van der Waals surface area contributed by atoms with Crippen molar-refractivity contribution in [3.63, 3.8) is 0 Å². The van der Waals surface area contributed by atoms with Crippen molar-refractivity contribution in [2.45, 2.75) is 58.5 Å². The maximum absolute atomic E-state index is 13.4. The Morgan fingerprint density at radius 3 is 2.46 bits per heavy atom. The molecule has 2 aliphatic carbocycles. The summed E-state index contributed by atoms with van der Waals surface area (Å²) in [5.41, 5.74) is 6.44. The van der Waals surface area contributed by atoms with Crippen molar-refractivity contribution in [1.82, 2.24) is 9.80 Å². The van der Waals surface area contributed by atoms with Crippen LogP contribution in [0.15, 0.2) is 17.5 Å². The van der Waals surface area contributed by atoms with Gasteiger partial charge in [-0.3, -0.25) is 4.79 Å². The Morgan fingerprint density at radius 2 is 1.88 bits per heavy atom. The first-order chi connectivity index (χ1) is 12.6. The number of carbonyl (C=O) groups excluding carboxylic acids is 1. The highest BCUT2D eigenvalue weighted by molar-refractivity contribution is 7.09. The average Bonchev–Trinajstić information content (AvgIpc) is 3.14. The fraction of sp³-hybridized carbons (Fsp3) is 0.762. The van der Waals surface area contributed by atoms with Gasteiger partial charge in [0.05, 0.1) is 6.54 Å². The van der Waals surface area contributed by atoms with Gasteiger partial charge in [0.2, 0.25) is 5.91 Å². The highest BCUT2D eigenvalue weighted by Crippen LogP contribution is 2.42. The quantitative estimate of drug-likeness (QED) is 0.753. The molecular formula is C21H35N3OS. The number of nitrogens with zero attached hydrogens (tertiary/aromatic N) is 2. The molecule has 3 rings (SSSR count). The Bertz CT molecular complexity index is 544. The van der Waals surface area contributed by atoms with E-state index in [9.17, 15) is 4.79 Å². The van der Waals surface area contributed by atoms with Crippen LogP contribution in [0.5, 0.6) is 0 Å². The zero-order valence-corrected chi connectivity index (χ0v) is 17.2. The summed E-state index contributed by atoms with van der Waals surface area (Å²) in [7, 11) is 0. The lowest BCUT2D eigenvalue weighted by molar-refractivity contribution is -0.139. The normalized spacial score (nSPS) is 28.3. The van der Waals surface area contributed by atoms with E-state index in [4.69, 9.17) is 5.73 Å². The number of nitrogens with two attached hydrogens (primary N) is 1. The minimum absolute atomic E-state index is 0.182. The van der Waals surface area contributed by atoms with Crippen LogP contribution in [-0.4, -0.2) is 47.9 Å². The third kappa shape index (κ3) is 4.68. The van der Waals surface area contributed by atoms with E-state index in [1.807, 2.05) is 0 Å². The van der Waals surface area contributed by atoms with Gasteiger partial charge in [-0.15, -0.1) is 11.3 Å². The van der Waals surface area contributed by atoms with Crippen LogP contribution in [-0.2, 0) is 11.3 Å². The van der Waals surface area contributed by atoms with Crippen molar-refractivity contribution in [1.29, 1.82) is 0 Å². The summed E-state index contributed by atoms with van der Waals surface area (Å²) in [5, 5.41) is 2.10. The molecule has 1 amide bonds. The molecule has 0 radical (unpaired) electrons. The van der Waals surface area contributed by atoms with Crippen LogP contribution in [0.3, 0.4) is 0 Å². The summed E-state index contributed by atoms with van der Waals surface area (Å²) >= 11 is 1.75. The summed E-state index contributed by atoms with van der Waals surface area (Å²) in [6.45, 7) is 9.02. The van der Waals surface area contributed by atoms with Crippen molar-refractivity contribution in [2.75, 3.05) is 26.2 Å². The van der Waals surface area contributed by atoms with E-state index < -0.39 is 0 Å². The lowest BCUT2D eigenvalue weighted by atomic mass is 9.65. The van der Waals surface area contributed by atoms with Crippen LogP contribution in [0.25, 0.3) is 0 Å². The Balaban J connectivity index is 1.67. The van der Waals surface area contributed by atoms with Gasteiger partial charge in [-0.1, -0.05) is 26.3 Å². The Labute approximate surface area is 162 Å². The van der Waals surface area contributed by atoms with Gasteiger partial charge in [0.15, 0.2) is 0 Å². The molecule has 4 nitrogen and oxygen atoms in total. The minimum atomic E-state index is 0.182. The first kappa shape index (κ1) is 19.8. The van der Waals surface area contributed by atoms with Crippen LogP contribution in [0.4, 0.5) is 0 Å². The molecule has 0 saturated heterocycles. The zero-order chi connectivity index (χ0) is 18.5.